The number of urea groups is 1. The lowest BCUT2D eigenvalue weighted by Gasteiger charge is -2.27. The number of nitrogens with zero attached hydrogens (tertiary/aromatic N) is 1. The van der Waals surface area contributed by atoms with Gasteiger partial charge < -0.3 is 15.3 Å². The number of nitrogens with one attached hydrogen (secondary N) is 1. The molecule has 0 bridgehead atoms. The molecule has 0 saturated carbocycles. The topological polar surface area (TPSA) is 69.6 Å². The van der Waals surface area contributed by atoms with E-state index in [0.717, 1.165) is 19.3 Å². The van der Waals surface area contributed by atoms with Crippen molar-refractivity contribution in [1.82, 2.24) is 10.2 Å². The molecule has 5 nitrogen and oxygen atoms in total. The van der Waals surface area contributed by atoms with E-state index in [9.17, 15) is 9.59 Å². The van der Waals surface area contributed by atoms with Crippen LogP contribution in [0.3, 0.4) is 0 Å². The van der Waals surface area contributed by atoms with Gasteiger partial charge in [0.05, 0.1) is 0 Å². The molecule has 0 aromatic heterocycles. The van der Waals surface area contributed by atoms with Crippen LogP contribution in [-0.4, -0.2) is 40.6 Å². The molecule has 0 spiro atoms. The lowest BCUT2D eigenvalue weighted by atomic mass is 10.2. The van der Waals surface area contributed by atoms with Gasteiger partial charge in [-0.2, -0.15) is 0 Å². The Morgan fingerprint density at radius 1 is 1.24 bits per heavy atom. The van der Waals surface area contributed by atoms with Crippen molar-refractivity contribution in [1.29, 1.82) is 0 Å². The molecule has 0 aliphatic rings. The van der Waals surface area contributed by atoms with Crippen molar-refractivity contribution in [2.24, 2.45) is 0 Å². The van der Waals surface area contributed by atoms with E-state index in [1.165, 1.54) is 6.92 Å². The third kappa shape index (κ3) is 6.14. The summed E-state index contributed by atoms with van der Waals surface area (Å²) in [5.74, 6) is -1.02. The second-order valence-electron chi connectivity index (χ2n) is 4.50. The fourth-order valence-corrected chi connectivity index (χ4v) is 1.46. The minimum absolute atomic E-state index is 0.0767. The van der Waals surface area contributed by atoms with Crippen LogP contribution in [0.2, 0.25) is 0 Å². The normalized spacial score (nSPS) is 12.3. The van der Waals surface area contributed by atoms with Gasteiger partial charge in [0.15, 0.2) is 0 Å². The molecule has 0 aromatic rings. The summed E-state index contributed by atoms with van der Waals surface area (Å²) in [5.41, 5.74) is 0. The van der Waals surface area contributed by atoms with Crippen LogP contribution in [0.1, 0.15) is 47.0 Å². The Morgan fingerprint density at radius 2 is 1.82 bits per heavy atom. The minimum Gasteiger partial charge on any atom is -0.480 e. The molecule has 2 amide bonds. The Morgan fingerprint density at radius 3 is 2.24 bits per heavy atom. The van der Waals surface area contributed by atoms with Crippen LogP contribution in [0, 0.1) is 0 Å². The Kier molecular flexibility index (Phi) is 7.34. The minimum atomic E-state index is -1.02. The lowest BCUT2D eigenvalue weighted by molar-refractivity contribution is -0.138. The highest BCUT2D eigenvalue weighted by Gasteiger charge is 2.20. The molecule has 0 saturated heterocycles. The van der Waals surface area contributed by atoms with Crippen LogP contribution < -0.4 is 5.32 Å². The fourth-order valence-electron chi connectivity index (χ4n) is 1.46. The van der Waals surface area contributed by atoms with Crippen molar-refractivity contribution in [2.45, 2.75) is 59.0 Å². The number of unbranched alkanes of at least 4 members (excludes halogenated alkanes) is 2. The number of aliphatic carboxylic acids is 1. The van der Waals surface area contributed by atoms with Gasteiger partial charge in [0, 0.05) is 12.6 Å². The fraction of sp³-hybridized carbons (Fsp3) is 0.833. The highest BCUT2D eigenvalue weighted by molar-refractivity contribution is 5.82. The summed E-state index contributed by atoms with van der Waals surface area (Å²) in [7, 11) is 0. The van der Waals surface area contributed by atoms with Crippen LogP contribution in [-0.2, 0) is 4.79 Å². The van der Waals surface area contributed by atoms with Gasteiger partial charge in [-0.15, -0.1) is 0 Å². The predicted octanol–water partition coefficient (Wildman–Crippen LogP) is 2.07. The van der Waals surface area contributed by atoms with Gasteiger partial charge in [-0.1, -0.05) is 19.8 Å². The van der Waals surface area contributed by atoms with Gasteiger partial charge >= 0.3 is 12.0 Å². The molecule has 0 aliphatic heterocycles. The SMILES string of the molecule is CCCCCN(C(=O)N[C@@H](C)C(=O)O)C(C)C. The summed E-state index contributed by atoms with van der Waals surface area (Å²) in [4.78, 5) is 24.2. The third-order valence-corrected chi connectivity index (χ3v) is 2.60. The van der Waals surface area contributed by atoms with E-state index in [1.54, 1.807) is 4.90 Å². The number of carbonyl (C=O) groups is 2. The van der Waals surface area contributed by atoms with Crippen molar-refractivity contribution >= 4 is 12.0 Å². The molecule has 0 aromatic carbocycles. The van der Waals surface area contributed by atoms with E-state index in [4.69, 9.17) is 5.11 Å². The van der Waals surface area contributed by atoms with Crippen LogP contribution in [0.5, 0.6) is 0 Å². The number of hydrogen-bond donors (Lipinski definition) is 2. The smallest absolute Gasteiger partial charge is 0.325 e. The first-order valence-electron chi connectivity index (χ1n) is 6.20. The summed E-state index contributed by atoms with van der Waals surface area (Å²) in [6, 6.07) is -1.08. The first-order chi connectivity index (χ1) is 7.90. The number of carbonyl (C=O) groups excluding carboxylic acids is 1. The van der Waals surface area contributed by atoms with Gasteiger partial charge in [0.2, 0.25) is 0 Å². The summed E-state index contributed by atoms with van der Waals surface area (Å²) < 4.78 is 0. The van der Waals surface area contributed by atoms with E-state index in [1.807, 2.05) is 13.8 Å². The van der Waals surface area contributed by atoms with Gasteiger partial charge in [-0.05, 0) is 27.2 Å². The maximum atomic E-state index is 11.8. The molecule has 0 rings (SSSR count). The van der Waals surface area contributed by atoms with Crippen LogP contribution >= 0.6 is 0 Å². The number of rotatable bonds is 7. The number of amides is 2. The zero-order chi connectivity index (χ0) is 13.4. The Balaban J connectivity index is 4.29. The standard InChI is InChI=1S/C12H24N2O3/c1-5-6-7-8-14(9(2)3)12(17)13-10(4)11(15)16/h9-10H,5-8H2,1-4H3,(H,13,17)(H,15,16)/t10-/m0/s1. The van der Waals surface area contributed by atoms with Crippen LogP contribution in [0.25, 0.3) is 0 Å². The molecule has 0 aliphatic carbocycles. The molecular weight excluding hydrogens is 220 g/mol. The third-order valence-electron chi connectivity index (χ3n) is 2.60. The van der Waals surface area contributed by atoms with E-state index in [2.05, 4.69) is 12.2 Å². The Labute approximate surface area is 103 Å². The van der Waals surface area contributed by atoms with Crippen molar-refractivity contribution in [3.8, 4) is 0 Å². The monoisotopic (exact) mass is 244 g/mol. The Hall–Kier alpha value is -1.26. The second-order valence-corrected chi connectivity index (χ2v) is 4.50. The van der Waals surface area contributed by atoms with Gasteiger partial charge in [0.25, 0.3) is 0 Å². The summed E-state index contributed by atoms with van der Waals surface area (Å²) >= 11 is 0. The number of hydrogen-bond acceptors (Lipinski definition) is 2. The maximum Gasteiger partial charge on any atom is 0.325 e. The second kappa shape index (κ2) is 7.92. The van der Waals surface area contributed by atoms with Crippen molar-refractivity contribution in [2.75, 3.05) is 6.54 Å². The molecule has 0 unspecified atom stereocenters. The molecule has 5 heteroatoms. The number of carboxylic acid groups (broad SMARTS) is 1. The molecule has 17 heavy (non-hydrogen) atoms. The molecule has 1 atom stereocenters. The van der Waals surface area contributed by atoms with Crippen LogP contribution in [0.15, 0.2) is 0 Å². The average Bonchev–Trinajstić information content (AvgIpc) is 2.23. The van der Waals surface area contributed by atoms with E-state index < -0.39 is 12.0 Å². The van der Waals surface area contributed by atoms with E-state index in [0.29, 0.717) is 6.54 Å². The van der Waals surface area contributed by atoms with Gasteiger partial charge in [-0.25, -0.2) is 4.79 Å². The van der Waals surface area contributed by atoms with Crippen molar-refractivity contribution < 1.29 is 14.7 Å². The summed E-state index contributed by atoms with van der Waals surface area (Å²) in [6.07, 6.45) is 3.12. The largest absolute Gasteiger partial charge is 0.480 e. The highest BCUT2D eigenvalue weighted by Crippen LogP contribution is 2.04. The molecule has 0 heterocycles. The zero-order valence-corrected chi connectivity index (χ0v) is 11.2. The lowest BCUT2D eigenvalue weighted by Crippen LogP contribution is -2.49. The first-order valence-corrected chi connectivity index (χ1v) is 6.20. The number of carboxylic acids is 1. The quantitative estimate of drug-likeness (QED) is 0.673. The van der Waals surface area contributed by atoms with Gasteiger partial charge in [-0.3, -0.25) is 4.79 Å². The summed E-state index contributed by atoms with van der Waals surface area (Å²) in [6.45, 7) is 8.09. The zero-order valence-electron chi connectivity index (χ0n) is 11.2. The Bertz CT molecular complexity index is 254. The molecule has 2 N–H and O–H groups in total. The highest BCUT2D eigenvalue weighted by atomic mass is 16.4. The molecule has 0 radical (unpaired) electrons. The molecular formula is C12H24N2O3. The van der Waals surface area contributed by atoms with Crippen molar-refractivity contribution in [3.05, 3.63) is 0 Å². The van der Waals surface area contributed by atoms with E-state index >= 15 is 0 Å². The predicted molar refractivity (Wildman–Crippen MR) is 67.0 cm³/mol. The maximum absolute atomic E-state index is 11.8. The molecule has 100 valence electrons. The van der Waals surface area contributed by atoms with Gasteiger partial charge in [0.1, 0.15) is 6.04 Å². The van der Waals surface area contributed by atoms with E-state index in [-0.39, 0.29) is 12.1 Å². The van der Waals surface area contributed by atoms with Crippen molar-refractivity contribution in [3.63, 3.8) is 0 Å². The summed E-state index contributed by atoms with van der Waals surface area (Å²) in [5, 5.41) is 11.2. The van der Waals surface area contributed by atoms with Crippen LogP contribution in [0.4, 0.5) is 4.79 Å². The molecule has 0 fully saturated rings. The first kappa shape index (κ1) is 15.7. The average molecular weight is 244 g/mol.